The van der Waals surface area contributed by atoms with E-state index in [0.29, 0.717) is 0 Å². The lowest BCUT2D eigenvalue weighted by atomic mass is 10.0. The molecule has 0 amide bonds. The number of rotatable bonds is 7. The summed E-state index contributed by atoms with van der Waals surface area (Å²) in [6.07, 6.45) is 6.63. The summed E-state index contributed by atoms with van der Waals surface area (Å²) >= 11 is 1.89. The largest absolute Gasteiger partial charge is 0.315 e. The molecule has 0 bridgehead atoms. The van der Waals surface area contributed by atoms with Crippen molar-refractivity contribution in [3.63, 3.8) is 0 Å². The van der Waals surface area contributed by atoms with Gasteiger partial charge in [-0.15, -0.1) is 11.3 Å². The van der Waals surface area contributed by atoms with Crippen LogP contribution in [0.5, 0.6) is 0 Å². The molecule has 2 rings (SSSR count). The molecule has 0 radical (unpaired) electrons. The second-order valence-corrected chi connectivity index (χ2v) is 6.25. The van der Waals surface area contributed by atoms with E-state index in [2.05, 4.69) is 34.7 Å². The van der Waals surface area contributed by atoms with Gasteiger partial charge >= 0.3 is 0 Å². The molecule has 0 saturated carbocycles. The van der Waals surface area contributed by atoms with Crippen LogP contribution in [0.3, 0.4) is 0 Å². The maximum absolute atomic E-state index is 3.59. The highest BCUT2D eigenvalue weighted by Gasteiger charge is 2.21. The molecule has 1 aromatic rings. The molecule has 1 fully saturated rings. The Labute approximate surface area is 115 Å². The topological polar surface area (TPSA) is 15.3 Å². The Morgan fingerprint density at radius 1 is 1.44 bits per heavy atom. The molecule has 3 heteroatoms. The summed E-state index contributed by atoms with van der Waals surface area (Å²) in [5.74, 6) is 0. The molecule has 1 N–H and O–H groups in total. The summed E-state index contributed by atoms with van der Waals surface area (Å²) in [7, 11) is 0. The highest BCUT2D eigenvalue weighted by molar-refractivity contribution is 7.09. The van der Waals surface area contributed by atoms with E-state index in [-0.39, 0.29) is 0 Å². The number of likely N-dealkylation sites (tertiary alicyclic amines) is 1. The van der Waals surface area contributed by atoms with Gasteiger partial charge < -0.3 is 5.32 Å². The quantitative estimate of drug-likeness (QED) is 0.763. The highest BCUT2D eigenvalue weighted by atomic mass is 32.1. The first-order valence-electron chi connectivity index (χ1n) is 7.37. The van der Waals surface area contributed by atoms with Crippen molar-refractivity contribution in [3.8, 4) is 0 Å². The third-order valence-electron chi connectivity index (χ3n) is 3.78. The molecule has 2 nitrogen and oxygen atoms in total. The summed E-state index contributed by atoms with van der Waals surface area (Å²) < 4.78 is 0. The molecule has 0 aromatic carbocycles. The standard InChI is InChI=1S/C15H26N2S/c1-2-9-16-13-14-6-3-4-10-17(14)11-8-15-7-5-12-18-15/h5,7,12,14,16H,2-4,6,8-11,13H2,1H3. The van der Waals surface area contributed by atoms with Crippen LogP contribution < -0.4 is 5.32 Å². The van der Waals surface area contributed by atoms with Gasteiger partial charge in [0.15, 0.2) is 0 Å². The van der Waals surface area contributed by atoms with Gasteiger partial charge in [-0.25, -0.2) is 0 Å². The lowest BCUT2D eigenvalue weighted by molar-refractivity contribution is 0.147. The number of piperidine rings is 1. The van der Waals surface area contributed by atoms with Crippen molar-refractivity contribution in [2.75, 3.05) is 26.2 Å². The average Bonchev–Trinajstić information content (AvgIpc) is 2.91. The summed E-state index contributed by atoms with van der Waals surface area (Å²) in [5, 5.41) is 5.78. The Morgan fingerprint density at radius 3 is 3.17 bits per heavy atom. The first-order valence-corrected chi connectivity index (χ1v) is 8.25. The fourth-order valence-electron chi connectivity index (χ4n) is 2.74. The van der Waals surface area contributed by atoms with E-state index in [1.807, 2.05) is 11.3 Å². The van der Waals surface area contributed by atoms with Crippen molar-refractivity contribution >= 4 is 11.3 Å². The van der Waals surface area contributed by atoms with Crippen LogP contribution in [0.25, 0.3) is 0 Å². The van der Waals surface area contributed by atoms with Crippen molar-refractivity contribution in [3.05, 3.63) is 22.4 Å². The van der Waals surface area contributed by atoms with Gasteiger partial charge in [-0.1, -0.05) is 19.4 Å². The maximum atomic E-state index is 3.59. The molecule has 1 aromatic heterocycles. The Hall–Kier alpha value is -0.380. The number of nitrogens with one attached hydrogen (secondary N) is 1. The van der Waals surface area contributed by atoms with E-state index in [4.69, 9.17) is 0 Å². The first kappa shape index (κ1) is 14.0. The minimum Gasteiger partial charge on any atom is -0.315 e. The number of hydrogen-bond donors (Lipinski definition) is 1. The molecule has 1 unspecified atom stereocenters. The smallest absolute Gasteiger partial charge is 0.0220 e. The summed E-state index contributed by atoms with van der Waals surface area (Å²) in [5.41, 5.74) is 0. The van der Waals surface area contributed by atoms with Crippen molar-refractivity contribution in [1.29, 1.82) is 0 Å². The molecule has 18 heavy (non-hydrogen) atoms. The zero-order valence-corrected chi connectivity index (χ0v) is 12.3. The third-order valence-corrected chi connectivity index (χ3v) is 4.72. The van der Waals surface area contributed by atoms with Crippen molar-refractivity contribution < 1.29 is 0 Å². The van der Waals surface area contributed by atoms with Gasteiger partial charge in [-0.05, 0) is 50.2 Å². The van der Waals surface area contributed by atoms with Crippen LogP contribution >= 0.6 is 11.3 Å². The molecule has 1 aliphatic rings. The van der Waals surface area contributed by atoms with Gasteiger partial charge in [0.1, 0.15) is 0 Å². The number of nitrogens with zero attached hydrogens (tertiary/aromatic N) is 1. The molecule has 102 valence electrons. The normalized spacial score (nSPS) is 21.3. The monoisotopic (exact) mass is 266 g/mol. The molecular weight excluding hydrogens is 240 g/mol. The van der Waals surface area contributed by atoms with Crippen LogP contribution in [-0.4, -0.2) is 37.1 Å². The summed E-state index contributed by atoms with van der Waals surface area (Å²) in [6.45, 7) is 7.11. The van der Waals surface area contributed by atoms with E-state index in [1.54, 1.807) is 0 Å². The van der Waals surface area contributed by atoms with Crippen molar-refractivity contribution in [2.24, 2.45) is 0 Å². The van der Waals surface area contributed by atoms with Crippen molar-refractivity contribution in [1.82, 2.24) is 10.2 Å². The van der Waals surface area contributed by atoms with Crippen LogP contribution in [0, 0.1) is 0 Å². The average molecular weight is 266 g/mol. The van der Waals surface area contributed by atoms with E-state index < -0.39 is 0 Å². The van der Waals surface area contributed by atoms with E-state index in [0.717, 1.165) is 12.6 Å². The number of thiophene rings is 1. The molecule has 1 atom stereocenters. The Bertz CT molecular complexity index is 310. The van der Waals surface area contributed by atoms with Gasteiger partial charge in [0, 0.05) is 24.0 Å². The minimum atomic E-state index is 0.769. The number of hydrogen-bond acceptors (Lipinski definition) is 3. The summed E-state index contributed by atoms with van der Waals surface area (Å²) in [4.78, 5) is 4.23. The third kappa shape index (κ3) is 4.38. The fraction of sp³-hybridized carbons (Fsp3) is 0.733. The molecule has 0 spiro atoms. The second kappa shape index (κ2) is 7.93. The molecule has 1 saturated heterocycles. The predicted molar refractivity (Wildman–Crippen MR) is 80.4 cm³/mol. The molecule has 1 aliphatic heterocycles. The molecular formula is C15H26N2S. The molecule has 2 heterocycles. The van der Waals surface area contributed by atoms with Crippen LogP contribution in [-0.2, 0) is 6.42 Å². The maximum Gasteiger partial charge on any atom is 0.0220 e. The van der Waals surface area contributed by atoms with E-state index in [9.17, 15) is 0 Å². The van der Waals surface area contributed by atoms with E-state index in [1.165, 1.54) is 56.6 Å². The van der Waals surface area contributed by atoms with E-state index >= 15 is 0 Å². The minimum absolute atomic E-state index is 0.769. The highest BCUT2D eigenvalue weighted by Crippen LogP contribution is 2.18. The zero-order chi connectivity index (χ0) is 12.6. The van der Waals surface area contributed by atoms with Gasteiger partial charge in [-0.2, -0.15) is 0 Å². The van der Waals surface area contributed by atoms with Gasteiger partial charge in [-0.3, -0.25) is 4.90 Å². The molecule has 0 aliphatic carbocycles. The summed E-state index contributed by atoms with van der Waals surface area (Å²) in [6, 6.07) is 5.19. The lowest BCUT2D eigenvalue weighted by Gasteiger charge is -2.35. The van der Waals surface area contributed by atoms with Gasteiger partial charge in [0.05, 0.1) is 0 Å². The van der Waals surface area contributed by atoms with Crippen LogP contribution in [0.4, 0.5) is 0 Å². The lowest BCUT2D eigenvalue weighted by Crippen LogP contribution is -2.46. The fourth-order valence-corrected chi connectivity index (χ4v) is 3.44. The second-order valence-electron chi connectivity index (χ2n) is 5.22. The Morgan fingerprint density at radius 2 is 2.39 bits per heavy atom. The predicted octanol–water partition coefficient (Wildman–Crippen LogP) is 3.14. The van der Waals surface area contributed by atoms with Crippen molar-refractivity contribution in [2.45, 2.75) is 45.1 Å². The SMILES string of the molecule is CCCNCC1CCCCN1CCc1cccs1. The van der Waals surface area contributed by atoms with Crippen LogP contribution in [0.1, 0.15) is 37.5 Å². The Balaban J connectivity index is 1.76. The van der Waals surface area contributed by atoms with Gasteiger partial charge in [0.25, 0.3) is 0 Å². The zero-order valence-electron chi connectivity index (χ0n) is 11.5. The first-order chi connectivity index (χ1) is 8.90. The Kier molecular flexibility index (Phi) is 6.18. The van der Waals surface area contributed by atoms with Crippen LogP contribution in [0.15, 0.2) is 17.5 Å². The van der Waals surface area contributed by atoms with Gasteiger partial charge in [0.2, 0.25) is 0 Å². The van der Waals surface area contributed by atoms with Crippen LogP contribution in [0.2, 0.25) is 0 Å².